The van der Waals surface area contributed by atoms with Crippen LogP contribution in [0.3, 0.4) is 0 Å². The van der Waals surface area contributed by atoms with Gasteiger partial charge in [0.1, 0.15) is 0 Å². The Bertz CT molecular complexity index is 686. The summed E-state index contributed by atoms with van der Waals surface area (Å²) in [5.74, 6) is 0. The molecule has 0 aliphatic carbocycles. The number of anilines is 1. The summed E-state index contributed by atoms with van der Waals surface area (Å²) in [6.45, 7) is 5.63. The van der Waals surface area contributed by atoms with E-state index in [9.17, 15) is 10.1 Å². The maximum absolute atomic E-state index is 10.9. The first kappa shape index (κ1) is 15.3. The first-order valence-electron chi connectivity index (χ1n) is 6.66. The van der Waals surface area contributed by atoms with Gasteiger partial charge in [-0.1, -0.05) is 23.7 Å². The number of halogens is 1. The molecule has 0 heterocycles. The fourth-order valence-electron chi connectivity index (χ4n) is 2.25. The van der Waals surface area contributed by atoms with Crippen LogP contribution in [-0.2, 0) is 0 Å². The number of nitro benzene ring substituents is 1. The summed E-state index contributed by atoms with van der Waals surface area (Å²) in [4.78, 5) is 10.6. The molecule has 2 aromatic carbocycles. The Morgan fingerprint density at radius 1 is 1.19 bits per heavy atom. The minimum atomic E-state index is -0.355. The second kappa shape index (κ2) is 6.14. The van der Waals surface area contributed by atoms with Crippen molar-refractivity contribution in [1.29, 1.82) is 0 Å². The van der Waals surface area contributed by atoms with E-state index in [1.807, 2.05) is 44.2 Å². The minimum Gasteiger partial charge on any atom is -0.378 e. The minimum absolute atomic E-state index is 0.0586. The van der Waals surface area contributed by atoms with E-state index in [4.69, 9.17) is 11.6 Å². The maximum atomic E-state index is 10.9. The predicted molar refractivity (Wildman–Crippen MR) is 86.1 cm³/mol. The molecule has 1 N–H and O–H groups in total. The second-order valence-corrected chi connectivity index (χ2v) is 5.57. The fourth-order valence-corrected chi connectivity index (χ4v) is 2.44. The van der Waals surface area contributed by atoms with Crippen LogP contribution in [0.1, 0.15) is 29.7 Å². The van der Waals surface area contributed by atoms with Gasteiger partial charge in [0.15, 0.2) is 0 Å². The second-order valence-electron chi connectivity index (χ2n) is 5.13. The molecule has 0 amide bonds. The Hall–Kier alpha value is -2.07. The van der Waals surface area contributed by atoms with E-state index in [-0.39, 0.29) is 16.7 Å². The predicted octanol–water partition coefficient (Wildman–Crippen LogP) is 5.04. The van der Waals surface area contributed by atoms with Crippen molar-refractivity contribution >= 4 is 23.0 Å². The molecule has 0 aromatic heterocycles. The summed E-state index contributed by atoms with van der Waals surface area (Å²) in [6.07, 6.45) is 0. The van der Waals surface area contributed by atoms with E-state index < -0.39 is 0 Å². The molecule has 0 spiro atoms. The molecular formula is C16H17ClN2O2. The molecule has 21 heavy (non-hydrogen) atoms. The number of benzene rings is 2. The first-order valence-corrected chi connectivity index (χ1v) is 7.04. The molecule has 0 bridgehead atoms. The summed E-state index contributed by atoms with van der Waals surface area (Å²) < 4.78 is 0. The Morgan fingerprint density at radius 3 is 2.52 bits per heavy atom. The smallest absolute Gasteiger partial charge is 0.272 e. The zero-order valence-corrected chi connectivity index (χ0v) is 12.9. The van der Waals surface area contributed by atoms with Gasteiger partial charge in [0.25, 0.3) is 5.69 Å². The van der Waals surface area contributed by atoms with Gasteiger partial charge >= 0.3 is 0 Å². The van der Waals surface area contributed by atoms with Gasteiger partial charge in [0.2, 0.25) is 0 Å². The van der Waals surface area contributed by atoms with Crippen LogP contribution in [0.15, 0.2) is 36.4 Å². The van der Waals surface area contributed by atoms with Crippen molar-refractivity contribution in [3.05, 3.63) is 68.2 Å². The summed E-state index contributed by atoms with van der Waals surface area (Å²) in [7, 11) is 0. The standard InChI is InChI=1S/C16H17ClN2O2/c1-10-8-16(19(20)21)11(2)7-15(10)18-12(3)13-5-4-6-14(17)9-13/h4-9,12,18H,1-3H3. The van der Waals surface area contributed by atoms with Crippen LogP contribution in [0.5, 0.6) is 0 Å². The van der Waals surface area contributed by atoms with Gasteiger partial charge in [-0.05, 0) is 50.1 Å². The summed E-state index contributed by atoms with van der Waals surface area (Å²) in [5, 5.41) is 15.0. The average Bonchev–Trinajstić information content (AvgIpc) is 2.42. The lowest BCUT2D eigenvalue weighted by Gasteiger charge is -2.18. The van der Waals surface area contributed by atoms with Crippen LogP contribution in [0.25, 0.3) is 0 Å². The first-order chi connectivity index (χ1) is 9.88. The Labute approximate surface area is 128 Å². The third-order valence-electron chi connectivity index (χ3n) is 3.46. The van der Waals surface area contributed by atoms with Crippen molar-refractivity contribution in [2.24, 2.45) is 0 Å². The van der Waals surface area contributed by atoms with Crippen LogP contribution in [0.2, 0.25) is 5.02 Å². The molecule has 0 saturated carbocycles. The van der Waals surface area contributed by atoms with E-state index >= 15 is 0 Å². The number of hydrogen-bond acceptors (Lipinski definition) is 3. The van der Waals surface area contributed by atoms with Crippen molar-refractivity contribution in [1.82, 2.24) is 0 Å². The van der Waals surface area contributed by atoms with Crippen molar-refractivity contribution in [3.63, 3.8) is 0 Å². The van der Waals surface area contributed by atoms with Crippen LogP contribution < -0.4 is 5.32 Å². The maximum Gasteiger partial charge on any atom is 0.272 e. The summed E-state index contributed by atoms with van der Waals surface area (Å²) in [5.41, 5.74) is 3.60. The molecule has 0 radical (unpaired) electrons. The molecular weight excluding hydrogens is 288 g/mol. The van der Waals surface area contributed by atoms with E-state index in [2.05, 4.69) is 5.32 Å². The van der Waals surface area contributed by atoms with Gasteiger partial charge in [-0.15, -0.1) is 0 Å². The quantitative estimate of drug-likeness (QED) is 0.636. The lowest BCUT2D eigenvalue weighted by Crippen LogP contribution is -2.08. The van der Waals surface area contributed by atoms with Gasteiger partial charge in [0.05, 0.1) is 4.92 Å². The van der Waals surface area contributed by atoms with Gasteiger partial charge in [-0.2, -0.15) is 0 Å². The number of rotatable bonds is 4. The number of aryl methyl sites for hydroxylation is 2. The third kappa shape index (κ3) is 3.52. The largest absolute Gasteiger partial charge is 0.378 e. The third-order valence-corrected chi connectivity index (χ3v) is 3.70. The highest BCUT2D eigenvalue weighted by atomic mass is 35.5. The van der Waals surface area contributed by atoms with Crippen molar-refractivity contribution in [3.8, 4) is 0 Å². The zero-order valence-electron chi connectivity index (χ0n) is 12.2. The van der Waals surface area contributed by atoms with Crippen LogP contribution in [0.4, 0.5) is 11.4 Å². The molecule has 1 unspecified atom stereocenters. The van der Waals surface area contributed by atoms with Crippen LogP contribution >= 0.6 is 11.6 Å². The van der Waals surface area contributed by atoms with Gasteiger partial charge in [-0.3, -0.25) is 10.1 Å². The monoisotopic (exact) mass is 304 g/mol. The number of nitrogens with zero attached hydrogens (tertiary/aromatic N) is 1. The summed E-state index contributed by atoms with van der Waals surface area (Å²) in [6, 6.07) is 11.1. The van der Waals surface area contributed by atoms with Gasteiger partial charge in [-0.25, -0.2) is 0 Å². The average molecular weight is 305 g/mol. The van der Waals surface area contributed by atoms with E-state index in [0.29, 0.717) is 10.6 Å². The van der Waals surface area contributed by atoms with Crippen LogP contribution in [-0.4, -0.2) is 4.92 Å². The SMILES string of the molecule is Cc1cc([N+](=O)[O-])c(C)cc1NC(C)c1cccc(Cl)c1. The Balaban J connectivity index is 2.27. The molecule has 110 valence electrons. The molecule has 2 aromatic rings. The highest BCUT2D eigenvalue weighted by Gasteiger charge is 2.15. The van der Waals surface area contributed by atoms with E-state index in [1.165, 1.54) is 0 Å². The lowest BCUT2D eigenvalue weighted by atomic mass is 10.1. The molecule has 0 aliphatic rings. The lowest BCUT2D eigenvalue weighted by molar-refractivity contribution is -0.385. The molecule has 1 atom stereocenters. The van der Waals surface area contributed by atoms with Crippen LogP contribution in [0, 0.1) is 24.0 Å². The topological polar surface area (TPSA) is 55.2 Å². The Morgan fingerprint density at radius 2 is 1.90 bits per heavy atom. The molecule has 0 aliphatic heterocycles. The molecule has 2 rings (SSSR count). The summed E-state index contributed by atoms with van der Waals surface area (Å²) >= 11 is 6.00. The normalized spacial score (nSPS) is 12.0. The highest BCUT2D eigenvalue weighted by molar-refractivity contribution is 6.30. The number of nitrogens with one attached hydrogen (secondary N) is 1. The molecule has 5 heteroatoms. The molecule has 0 saturated heterocycles. The zero-order chi connectivity index (χ0) is 15.6. The van der Waals surface area contributed by atoms with Crippen molar-refractivity contribution in [2.75, 3.05) is 5.32 Å². The molecule has 4 nitrogen and oxygen atoms in total. The molecule has 0 fully saturated rings. The number of nitro groups is 1. The van der Waals surface area contributed by atoms with Gasteiger partial charge in [0, 0.05) is 28.4 Å². The Kier molecular flexibility index (Phi) is 4.48. The van der Waals surface area contributed by atoms with Crippen molar-refractivity contribution < 1.29 is 4.92 Å². The van der Waals surface area contributed by atoms with E-state index in [1.54, 1.807) is 13.0 Å². The fraction of sp³-hybridized carbons (Fsp3) is 0.250. The highest BCUT2D eigenvalue weighted by Crippen LogP contribution is 2.29. The number of hydrogen-bond donors (Lipinski definition) is 1. The van der Waals surface area contributed by atoms with Crippen molar-refractivity contribution in [2.45, 2.75) is 26.8 Å². The van der Waals surface area contributed by atoms with Gasteiger partial charge < -0.3 is 5.32 Å². The van der Waals surface area contributed by atoms with E-state index in [0.717, 1.165) is 16.8 Å².